The number of piperidine rings is 1. The SMILES string of the molecule is CCN(C(=O)N1CCC(C)CC1)C1(CN)CCCCC1. The van der Waals surface area contributed by atoms with E-state index >= 15 is 0 Å². The largest absolute Gasteiger partial charge is 0.328 e. The van der Waals surface area contributed by atoms with Crippen LogP contribution in [-0.4, -0.2) is 47.5 Å². The van der Waals surface area contributed by atoms with Gasteiger partial charge in [-0.15, -0.1) is 0 Å². The molecule has 2 aliphatic rings. The van der Waals surface area contributed by atoms with Crippen LogP contribution in [0.15, 0.2) is 0 Å². The minimum absolute atomic E-state index is 0.0762. The van der Waals surface area contributed by atoms with Gasteiger partial charge in [-0.1, -0.05) is 26.2 Å². The lowest BCUT2D eigenvalue weighted by molar-refractivity contribution is 0.0590. The molecule has 1 aliphatic carbocycles. The van der Waals surface area contributed by atoms with Crippen LogP contribution in [0.2, 0.25) is 0 Å². The first-order chi connectivity index (χ1) is 9.63. The zero-order valence-corrected chi connectivity index (χ0v) is 13.2. The van der Waals surface area contributed by atoms with Crippen LogP contribution in [-0.2, 0) is 0 Å². The van der Waals surface area contributed by atoms with E-state index in [1.54, 1.807) is 0 Å². The number of nitrogens with two attached hydrogens (primary N) is 1. The molecule has 0 aromatic rings. The minimum Gasteiger partial charge on any atom is -0.328 e. The number of urea groups is 1. The highest BCUT2D eigenvalue weighted by Crippen LogP contribution is 2.34. The van der Waals surface area contributed by atoms with Crippen LogP contribution in [0, 0.1) is 5.92 Å². The van der Waals surface area contributed by atoms with Crippen LogP contribution in [0.25, 0.3) is 0 Å². The van der Waals surface area contributed by atoms with E-state index < -0.39 is 0 Å². The second-order valence-electron chi connectivity index (χ2n) is 6.69. The standard InChI is InChI=1S/C16H31N3O/c1-3-19(16(13-17)9-5-4-6-10-16)15(20)18-11-7-14(2)8-12-18/h14H,3-13,17H2,1-2H3. The van der Waals surface area contributed by atoms with Gasteiger partial charge in [-0.3, -0.25) is 0 Å². The molecule has 1 saturated heterocycles. The first kappa shape index (κ1) is 15.6. The maximum Gasteiger partial charge on any atom is 0.320 e. The van der Waals surface area contributed by atoms with Gasteiger partial charge < -0.3 is 15.5 Å². The Labute approximate surface area is 123 Å². The van der Waals surface area contributed by atoms with Gasteiger partial charge in [-0.05, 0) is 38.5 Å². The van der Waals surface area contributed by atoms with E-state index in [-0.39, 0.29) is 11.6 Å². The summed E-state index contributed by atoms with van der Waals surface area (Å²) in [6, 6.07) is 0.228. The number of rotatable bonds is 3. The van der Waals surface area contributed by atoms with Crippen LogP contribution in [0.3, 0.4) is 0 Å². The van der Waals surface area contributed by atoms with Gasteiger partial charge in [0.05, 0.1) is 5.54 Å². The lowest BCUT2D eigenvalue weighted by Crippen LogP contribution is -2.60. The van der Waals surface area contributed by atoms with Crippen molar-refractivity contribution < 1.29 is 4.79 Å². The molecule has 0 radical (unpaired) electrons. The fourth-order valence-electron chi connectivity index (χ4n) is 3.84. The van der Waals surface area contributed by atoms with Crippen molar-refractivity contribution in [1.29, 1.82) is 0 Å². The van der Waals surface area contributed by atoms with Crippen molar-refractivity contribution in [2.45, 2.75) is 64.3 Å². The molecule has 4 heteroatoms. The lowest BCUT2D eigenvalue weighted by Gasteiger charge is -2.47. The number of amides is 2. The predicted octanol–water partition coefficient (Wildman–Crippen LogP) is 2.82. The highest BCUT2D eigenvalue weighted by atomic mass is 16.2. The Bertz CT molecular complexity index is 318. The van der Waals surface area contributed by atoms with Crippen molar-refractivity contribution in [1.82, 2.24) is 9.80 Å². The van der Waals surface area contributed by atoms with Crippen LogP contribution in [0.5, 0.6) is 0 Å². The monoisotopic (exact) mass is 281 g/mol. The van der Waals surface area contributed by atoms with E-state index in [1.165, 1.54) is 19.3 Å². The minimum atomic E-state index is -0.0762. The summed E-state index contributed by atoms with van der Waals surface area (Å²) in [4.78, 5) is 17.0. The van der Waals surface area contributed by atoms with Crippen LogP contribution < -0.4 is 5.73 Å². The van der Waals surface area contributed by atoms with E-state index in [9.17, 15) is 4.79 Å². The van der Waals surface area contributed by atoms with Gasteiger partial charge in [0.15, 0.2) is 0 Å². The van der Waals surface area contributed by atoms with Crippen molar-refractivity contribution in [3.8, 4) is 0 Å². The first-order valence-electron chi connectivity index (χ1n) is 8.39. The zero-order chi connectivity index (χ0) is 14.6. The van der Waals surface area contributed by atoms with Gasteiger partial charge in [-0.25, -0.2) is 4.79 Å². The summed E-state index contributed by atoms with van der Waals surface area (Å²) in [5.41, 5.74) is 6.02. The maximum absolute atomic E-state index is 12.9. The number of likely N-dealkylation sites (tertiary alicyclic amines) is 1. The normalized spacial score (nSPS) is 23.6. The molecule has 4 nitrogen and oxygen atoms in total. The molecule has 1 aliphatic heterocycles. The molecule has 0 aromatic heterocycles. The molecular formula is C16H31N3O. The van der Waals surface area contributed by atoms with Gasteiger partial charge in [0.2, 0.25) is 0 Å². The molecule has 2 N–H and O–H groups in total. The maximum atomic E-state index is 12.9. The Morgan fingerprint density at radius 3 is 2.35 bits per heavy atom. The fourth-order valence-corrected chi connectivity index (χ4v) is 3.84. The number of hydrogen-bond donors (Lipinski definition) is 1. The summed E-state index contributed by atoms with van der Waals surface area (Å²) in [6.07, 6.45) is 8.13. The van der Waals surface area contributed by atoms with Crippen molar-refractivity contribution in [3.05, 3.63) is 0 Å². The van der Waals surface area contributed by atoms with Gasteiger partial charge in [0.25, 0.3) is 0 Å². The van der Waals surface area contributed by atoms with Gasteiger partial charge in [0, 0.05) is 26.2 Å². The quantitative estimate of drug-likeness (QED) is 0.865. The Hall–Kier alpha value is -0.770. The van der Waals surface area contributed by atoms with Crippen molar-refractivity contribution in [3.63, 3.8) is 0 Å². The highest BCUT2D eigenvalue weighted by molar-refractivity contribution is 5.75. The topological polar surface area (TPSA) is 49.6 Å². The molecule has 116 valence electrons. The number of likely N-dealkylation sites (N-methyl/N-ethyl adjacent to an activating group) is 1. The molecule has 20 heavy (non-hydrogen) atoms. The van der Waals surface area contributed by atoms with E-state index in [0.29, 0.717) is 6.54 Å². The molecule has 1 heterocycles. The Morgan fingerprint density at radius 2 is 1.85 bits per heavy atom. The van der Waals surface area contributed by atoms with Gasteiger partial charge >= 0.3 is 6.03 Å². The third-order valence-electron chi connectivity index (χ3n) is 5.34. The molecule has 0 atom stereocenters. The van der Waals surface area contributed by atoms with E-state index in [4.69, 9.17) is 5.73 Å². The van der Waals surface area contributed by atoms with E-state index in [2.05, 4.69) is 23.6 Å². The Balaban J connectivity index is 2.07. The summed E-state index contributed by atoms with van der Waals surface area (Å²) < 4.78 is 0. The molecule has 1 saturated carbocycles. The van der Waals surface area contributed by atoms with Gasteiger partial charge in [-0.2, -0.15) is 0 Å². The first-order valence-corrected chi connectivity index (χ1v) is 8.39. The smallest absolute Gasteiger partial charge is 0.320 e. The summed E-state index contributed by atoms with van der Waals surface area (Å²) in [7, 11) is 0. The fraction of sp³-hybridized carbons (Fsp3) is 0.938. The van der Waals surface area contributed by atoms with Crippen LogP contribution >= 0.6 is 0 Å². The molecule has 0 unspecified atom stereocenters. The summed E-state index contributed by atoms with van der Waals surface area (Å²) in [5.74, 6) is 0.757. The molecule has 2 rings (SSSR count). The number of carbonyl (C=O) groups is 1. The van der Waals surface area contributed by atoms with Gasteiger partial charge in [0.1, 0.15) is 0 Å². The summed E-state index contributed by atoms with van der Waals surface area (Å²) in [5, 5.41) is 0. The highest BCUT2D eigenvalue weighted by Gasteiger charge is 2.40. The molecule has 0 spiro atoms. The third kappa shape index (κ3) is 3.11. The third-order valence-corrected chi connectivity index (χ3v) is 5.34. The summed E-state index contributed by atoms with van der Waals surface area (Å²) >= 11 is 0. The zero-order valence-electron chi connectivity index (χ0n) is 13.2. The summed E-state index contributed by atoms with van der Waals surface area (Å²) in [6.45, 7) is 7.59. The predicted molar refractivity (Wildman–Crippen MR) is 82.6 cm³/mol. The second kappa shape index (κ2) is 6.79. The van der Waals surface area contributed by atoms with Crippen LogP contribution in [0.1, 0.15) is 58.8 Å². The average molecular weight is 281 g/mol. The van der Waals surface area contributed by atoms with E-state index in [0.717, 1.165) is 51.2 Å². The number of carbonyl (C=O) groups excluding carboxylic acids is 1. The van der Waals surface area contributed by atoms with Crippen LogP contribution in [0.4, 0.5) is 4.79 Å². The molecule has 2 fully saturated rings. The number of nitrogens with zero attached hydrogens (tertiary/aromatic N) is 2. The van der Waals surface area contributed by atoms with E-state index in [1.807, 2.05) is 0 Å². The second-order valence-corrected chi connectivity index (χ2v) is 6.69. The molecule has 0 bridgehead atoms. The molecule has 0 aromatic carbocycles. The number of hydrogen-bond acceptors (Lipinski definition) is 2. The van der Waals surface area contributed by atoms with Crippen molar-refractivity contribution >= 4 is 6.03 Å². The lowest BCUT2D eigenvalue weighted by atomic mass is 9.80. The average Bonchev–Trinajstić information content (AvgIpc) is 2.49. The van der Waals surface area contributed by atoms with Crippen molar-refractivity contribution in [2.24, 2.45) is 11.7 Å². The Morgan fingerprint density at radius 1 is 1.25 bits per heavy atom. The molecular weight excluding hydrogens is 250 g/mol. The Kier molecular flexibility index (Phi) is 5.30. The molecule has 2 amide bonds. The van der Waals surface area contributed by atoms with Crippen molar-refractivity contribution in [2.75, 3.05) is 26.2 Å².